The third kappa shape index (κ3) is 4.80. The van der Waals surface area contributed by atoms with Crippen molar-refractivity contribution in [1.29, 1.82) is 0 Å². The normalized spacial score (nSPS) is 14.4. The van der Waals surface area contributed by atoms with Crippen LogP contribution in [0.5, 0.6) is 0 Å². The zero-order valence-corrected chi connectivity index (χ0v) is 19.4. The van der Waals surface area contributed by atoms with Gasteiger partial charge in [-0.1, -0.05) is 30.3 Å². The molecule has 1 N–H and O–H groups in total. The molecule has 3 aromatic rings. The van der Waals surface area contributed by atoms with Gasteiger partial charge in [0.1, 0.15) is 11.6 Å². The van der Waals surface area contributed by atoms with Crippen LogP contribution in [0.1, 0.15) is 15.9 Å². The second-order valence-corrected chi connectivity index (χ2v) is 10.2. The van der Waals surface area contributed by atoms with Gasteiger partial charge in [-0.05, 0) is 41.5 Å². The molecule has 0 unspecified atom stereocenters. The van der Waals surface area contributed by atoms with E-state index in [2.05, 4.69) is 0 Å². The van der Waals surface area contributed by atoms with Gasteiger partial charge in [-0.3, -0.25) is 4.79 Å². The van der Waals surface area contributed by atoms with E-state index in [-0.39, 0.29) is 35.7 Å². The number of piperazine rings is 1. The van der Waals surface area contributed by atoms with Gasteiger partial charge in [0.05, 0.1) is 17.2 Å². The molecule has 0 bridgehead atoms. The number of aliphatic hydroxyl groups is 1. The molecule has 6 nitrogen and oxygen atoms in total. The number of carbonyl (C=O) groups excluding carboxylic acids is 1. The van der Waals surface area contributed by atoms with E-state index in [0.29, 0.717) is 29.9 Å². The zero-order valence-electron chi connectivity index (χ0n) is 18.5. The molecule has 0 spiro atoms. The molecule has 0 aromatic heterocycles. The van der Waals surface area contributed by atoms with Gasteiger partial charge in [0.25, 0.3) is 5.91 Å². The number of sulfone groups is 1. The van der Waals surface area contributed by atoms with E-state index >= 15 is 0 Å². The highest BCUT2D eigenvalue weighted by molar-refractivity contribution is 7.90. The van der Waals surface area contributed by atoms with Crippen molar-refractivity contribution in [2.75, 3.05) is 37.3 Å². The van der Waals surface area contributed by atoms with Crippen molar-refractivity contribution in [3.63, 3.8) is 0 Å². The third-order valence-corrected chi connectivity index (χ3v) is 7.03. The first kappa shape index (κ1) is 23.8. The van der Waals surface area contributed by atoms with E-state index in [4.69, 9.17) is 0 Å². The van der Waals surface area contributed by atoms with Gasteiger partial charge in [0, 0.05) is 43.6 Å². The Morgan fingerprint density at radius 2 is 1.62 bits per heavy atom. The number of aliphatic hydroxyl groups excluding tert-OH is 1. The highest BCUT2D eigenvalue weighted by Crippen LogP contribution is 2.30. The van der Waals surface area contributed by atoms with Crippen molar-refractivity contribution in [1.82, 2.24) is 4.90 Å². The zero-order chi connectivity index (χ0) is 24.5. The Bertz CT molecular complexity index is 1340. The molecule has 1 heterocycles. The number of anilines is 1. The molecular formula is C25H24F2N2O4S. The second kappa shape index (κ2) is 9.52. The summed E-state index contributed by atoms with van der Waals surface area (Å²) in [6.45, 7) is 1.03. The molecule has 0 atom stereocenters. The van der Waals surface area contributed by atoms with Crippen LogP contribution in [0, 0.1) is 11.6 Å². The number of nitrogens with zero attached hydrogens (tertiary/aromatic N) is 2. The van der Waals surface area contributed by atoms with Gasteiger partial charge in [-0.15, -0.1) is 0 Å². The van der Waals surface area contributed by atoms with Crippen molar-refractivity contribution in [2.24, 2.45) is 0 Å². The summed E-state index contributed by atoms with van der Waals surface area (Å²) in [6.07, 6.45) is 1.05. The molecule has 0 aliphatic carbocycles. The molecule has 1 aliphatic rings. The van der Waals surface area contributed by atoms with Crippen molar-refractivity contribution in [3.8, 4) is 11.1 Å². The first-order chi connectivity index (χ1) is 16.2. The lowest BCUT2D eigenvalue weighted by Crippen LogP contribution is -2.49. The van der Waals surface area contributed by atoms with Gasteiger partial charge in [-0.25, -0.2) is 17.2 Å². The van der Waals surface area contributed by atoms with Crippen molar-refractivity contribution < 1.29 is 27.1 Å². The Balaban J connectivity index is 1.62. The molecule has 1 amide bonds. The summed E-state index contributed by atoms with van der Waals surface area (Å²) < 4.78 is 53.2. The van der Waals surface area contributed by atoms with Gasteiger partial charge >= 0.3 is 0 Å². The summed E-state index contributed by atoms with van der Waals surface area (Å²) in [5.74, 6) is -1.39. The molecule has 34 heavy (non-hydrogen) atoms. The van der Waals surface area contributed by atoms with E-state index in [1.54, 1.807) is 29.2 Å². The van der Waals surface area contributed by atoms with E-state index in [1.807, 2.05) is 4.90 Å². The van der Waals surface area contributed by atoms with Crippen molar-refractivity contribution in [2.45, 2.75) is 11.5 Å². The van der Waals surface area contributed by atoms with Crippen LogP contribution in [-0.4, -0.2) is 56.8 Å². The molecule has 0 saturated carbocycles. The molecule has 1 saturated heterocycles. The molecule has 1 fully saturated rings. The lowest BCUT2D eigenvalue weighted by molar-refractivity contribution is 0.0747. The number of amides is 1. The van der Waals surface area contributed by atoms with Crippen LogP contribution in [0.15, 0.2) is 65.6 Å². The molecule has 9 heteroatoms. The van der Waals surface area contributed by atoms with Crippen LogP contribution in [0.3, 0.4) is 0 Å². The number of benzene rings is 3. The maximum atomic E-state index is 14.5. The highest BCUT2D eigenvalue weighted by Gasteiger charge is 2.27. The first-order valence-corrected chi connectivity index (χ1v) is 12.6. The monoisotopic (exact) mass is 486 g/mol. The molecular weight excluding hydrogens is 462 g/mol. The fourth-order valence-electron chi connectivity index (χ4n) is 4.07. The van der Waals surface area contributed by atoms with Crippen LogP contribution in [-0.2, 0) is 16.4 Å². The molecule has 1 aliphatic heterocycles. The van der Waals surface area contributed by atoms with Crippen molar-refractivity contribution in [3.05, 3.63) is 83.4 Å². The van der Waals surface area contributed by atoms with Crippen LogP contribution in [0.25, 0.3) is 11.1 Å². The van der Waals surface area contributed by atoms with Gasteiger partial charge in [0.15, 0.2) is 9.84 Å². The molecule has 3 aromatic carbocycles. The molecule has 4 rings (SSSR count). The fraction of sp³-hybridized carbons (Fsp3) is 0.240. The van der Waals surface area contributed by atoms with Crippen LogP contribution in [0.4, 0.5) is 14.5 Å². The minimum absolute atomic E-state index is 0.0272. The van der Waals surface area contributed by atoms with E-state index in [9.17, 15) is 27.1 Å². The second-order valence-electron chi connectivity index (χ2n) is 8.18. The number of carbonyl (C=O) groups is 1. The van der Waals surface area contributed by atoms with E-state index in [0.717, 1.165) is 6.26 Å². The quantitative estimate of drug-likeness (QED) is 0.598. The predicted molar refractivity (Wildman–Crippen MR) is 125 cm³/mol. The summed E-state index contributed by atoms with van der Waals surface area (Å²) in [7, 11) is -3.59. The maximum Gasteiger partial charge on any atom is 0.254 e. The topological polar surface area (TPSA) is 77.9 Å². The lowest BCUT2D eigenvalue weighted by Gasteiger charge is -2.36. The number of halogens is 2. The van der Waals surface area contributed by atoms with E-state index < -0.39 is 27.4 Å². The summed E-state index contributed by atoms with van der Waals surface area (Å²) >= 11 is 0. The average molecular weight is 487 g/mol. The predicted octanol–water partition coefficient (Wildman–Crippen LogP) is 3.49. The Hall–Kier alpha value is -3.30. The molecule has 0 radical (unpaired) electrons. The van der Waals surface area contributed by atoms with E-state index in [1.165, 1.54) is 36.4 Å². The summed E-state index contributed by atoms with van der Waals surface area (Å²) in [4.78, 5) is 16.8. The van der Waals surface area contributed by atoms with Gasteiger partial charge in [-0.2, -0.15) is 0 Å². The standard InChI is InChI=1S/C25H24F2N2O4S/c1-34(32,33)18-7-8-19(20-4-2-3-5-22(20)26)21(15-18)25(31)29-12-10-28(11-13-29)24-9-6-17(16-30)14-23(24)27/h2-9,14-15,30H,10-13,16H2,1H3. The lowest BCUT2D eigenvalue weighted by atomic mass is 9.98. The Morgan fingerprint density at radius 1 is 0.912 bits per heavy atom. The number of rotatable bonds is 5. The molecule has 178 valence electrons. The van der Waals surface area contributed by atoms with Crippen molar-refractivity contribution >= 4 is 21.4 Å². The first-order valence-electron chi connectivity index (χ1n) is 10.7. The van der Waals surface area contributed by atoms with Gasteiger partial charge in [0.2, 0.25) is 0 Å². The Morgan fingerprint density at radius 3 is 2.24 bits per heavy atom. The fourth-order valence-corrected chi connectivity index (χ4v) is 4.72. The summed E-state index contributed by atoms with van der Waals surface area (Å²) in [5, 5.41) is 9.17. The van der Waals surface area contributed by atoms with Crippen LogP contribution >= 0.6 is 0 Å². The average Bonchev–Trinajstić information content (AvgIpc) is 2.83. The SMILES string of the molecule is CS(=O)(=O)c1ccc(-c2ccccc2F)c(C(=O)N2CCN(c3ccc(CO)cc3F)CC2)c1. The largest absolute Gasteiger partial charge is 0.392 e. The van der Waals surface area contributed by atoms with Gasteiger partial charge < -0.3 is 14.9 Å². The van der Waals surface area contributed by atoms with Crippen LogP contribution in [0.2, 0.25) is 0 Å². The minimum atomic E-state index is -3.59. The Labute approximate surface area is 197 Å². The van der Waals surface area contributed by atoms with Crippen LogP contribution < -0.4 is 4.90 Å². The number of hydrogen-bond acceptors (Lipinski definition) is 5. The number of hydrogen-bond donors (Lipinski definition) is 1. The smallest absolute Gasteiger partial charge is 0.254 e. The highest BCUT2D eigenvalue weighted by atomic mass is 32.2. The summed E-state index contributed by atoms with van der Waals surface area (Å²) in [5.41, 5.74) is 1.47. The minimum Gasteiger partial charge on any atom is -0.392 e. The third-order valence-electron chi connectivity index (χ3n) is 5.92. The maximum absolute atomic E-state index is 14.5. The summed E-state index contributed by atoms with van der Waals surface area (Å²) in [6, 6.07) is 14.6. The Kier molecular flexibility index (Phi) is 6.67.